The molecule has 0 fully saturated rings. The number of amides is 2. The highest BCUT2D eigenvalue weighted by atomic mass is 35.5. The molecule has 2 amide bonds. The zero-order valence-corrected chi connectivity index (χ0v) is 10.5. The molecule has 17 heavy (non-hydrogen) atoms. The summed E-state index contributed by atoms with van der Waals surface area (Å²) in [4.78, 5) is 22.2. The number of benzene rings is 1. The van der Waals surface area contributed by atoms with Crippen LogP contribution in [0, 0.1) is 0 Å². The van der Waals surface area contributed by atoms with Gasteiger partial charge in [0.15, 0.2) is 0 Å². The van der Waals surface area contributed by atoms with Crippen LogP contribution in [0.1, 0.15) is 13.8 Å². The van der Waals surface area contributed by atoms with Crippen LogP contribution in [0.2, 0.25) is 0 Å². The molecule has 0 radical (unpaired) electrons. The van der Waals surface area contributed by atoms with Gasteiger partial charge in [0.05, 0.1) is 6.04 Å². The fourth-order valence-electron chi connectivity index (χ4n) is 1.13. The monoisotopic (exact) mass is 257 g/mol. The Morgan fingerprint density at radius 3 is 2.24 bits per heavy atom. The van der Waals surface area contributed by atoms with Crippen molar-refractivity contribution in [3.8, 4) is 0 Å². The summed E-state index contributed by atoms with van der Waals surface area (Å²) in [5, 5.41) is 5.27. The zero-order valence-electron chi connectivity index (χ0n) is 9.69. The van der Waals surface area contributed by atoms with Crippen LogP contribution in [0.4, 0.5) is 11.4 Å². The number of anilines is 2. The Labute approximate surface area is 106 Å². The minimum Gasteiger partial charge on any atom is -0.326 e. The van der Waals surface area contributed by atoms with Crippen molar-refractivity contribution in [3.05, 3.63) is 24.3 Å². The van der Waals surface area contributed by atoms with Crippen molar-refractivity contribution in [1.29, 1.82) is 0 Å². The summed E-state index contributed by atoms with van der Waals surface area (Å²) < 4.78 is 0. The highest BCUT2D eigenvalue weighted by molar-refractivity contribution is 5.95. The molecule has 4 N–H and O–H groups in total. The van der Waals surface area contributed by atoms with Gasteiger partial charge in [0.1, 0.15) is 0 Å². The van der Waals surface area contributed by atoms with Crippen molar-refractivity contribution in [3.63, 3.8) is 0 Å². The maximum atomic E-state index is 11.3. The van der Waals surface area contributed by atoms with Gasteiger partial charge in [-0.25, -0.2) is 0 Å². The molecule has 1 atom stereocenters. The van der Waals surface area contributed by atoms with Gasteiger partial charge in [0.2, 0.25) is 11.8 Å². The number of rotatable bonds is 3. The summed E-state index contributed by atoms with van der Waals surface area (Å²) >= 11 is 0. The van der Waals surface area contributed by atoms with Crippen LogP contribution in [0.5, 0.6) is 0 Å². The van der Waals surface area contributed by atoms with E-state index in [-0.39, 0.29) is 24.2 Å². The number of hydrogen-bond acceptors (Lipinski definition) is 3. The van der Waals surface area contributed by atoms with E-state index in [0.29, 0.717) is 11.4 Å². The number of halogens is 1. The van der Waals surface area contributed by atoms with Crippen molar-refractivity contribution in [2.75, 3.05) is 10.6 Å². The summed E-state index contributed by atoms with van der Waals surface area (Å²) in [5.74, 6) is -0.421. The lowest BCUT2D eigenvalue weighted by Crippen LogP contribution is -2.32. The Morgan fingerprint density at radius 1 is 1.24 bits per heavy atom. The van der Waals surface area contributed by atoms with Gasteiger partial charge in [0, 0.05) is 18.3 Å². The van der Waals surface area contributed by atoms with E-state index in [9.17, 15) is 9.59 Å². The minimum absolute atomic E-state index is 0. The van der Waals surface area contributed by atoms with Gasteiger partial charge in [-0.05, 0) is 25.1 Å². The molecule has 1 aromatic rings. The molecular weight excluding hydrogens is 242 g/mol. The van der Waals surface area contributed by atoms with E-state index >= 15 is 0 Å². The first-order valence-electron chi connectivity index (χ1n) is 4.93. The van der Waals surface area contributed by atoms with Crippen molar-refractivity contribution < 1.29 is 9.59 Å². The van der Waals surface area contributed by atoms with Crippen LogP contribution in [-0.4, -0.2) is 17.9 Å². The summed E-state index contributed by atoms with van der Waals surface area (Å²) in [7, 11) is 0. The predicted octanol–water partition coefficient (Wildman–Crippen LogP) is 1.35. The van der Waals surface area contributed by atoms with Gasteiger partial charge in [-0.2, -0.15) is 0 Å². The summed E-state index contributed by atoms with van der Waals surface area (Å²) in [6.07, 6.45) is 0. The van der Waals surface area contributed by atoms with E-state index in [2.05, 4.69) is 10.6 Å². The van der Waals surface area contributed by atoms with Crippen molar-refractivity contribution in [2.24, 2.45) is 5.73 Å². The van der Waals surface area contributed by atoms with Crippen molar-refractivity contribution in [1.82, 2.24) is 0 Å². The van der Waals surface area contributed by atoms with Crippen LogP contribution in [0.25, 0.3) is 0 Å². The Balaban J connectivity index is 0.00000256. The molecule has 0 saturated heterocycles. The van der Waals surface area contributed by atoms with Crippen molar-refractivity contribution in [2.45, 2.75) is 19.9 Å². The molecule has 1 rings (SSSR count). The first-order valence-corrected chi connectivity index (χ1v) is 4.93. The lowest BCUT2D eigenvalue weighted by Gasteiger charge is -2.09. The van der Waals surface area contributed by atoms with E-state index in [1.54, 1.807) is 31.2 Å². The molecule has 6 heteroatoms. The van der Waals surface area contributed by atoms with Gasteiger partial charge in [-0.3, -0.25) is 9.59 Å². The lowest BCUT2D eigenvalue weighted by atomic mass is 10.2. The molecular formula is C11H16ClN3O2. The SMILES string of the molecule is CC(=O)Nc1cccc(NC(=O)[C@@H](C)N)c1.Cl. The summed E-state index contributed by atoms with van der Waals surface area (Å²) in [6.45, 7) is 3.03. The van der Waals surface area contributed by atoms with E-state index in [0.717, 1.165) is 0 Å². The van der Waals surface area contributed by atoms with Crippen molar-refractivity contribution >= 4 is 35.6 Å². The van der Waals surface area contributed by atoms with E-state index < -0.39 is 6.04 Å². The molecule has 0 bridgehead atoms. The molecule has 0 aliphatic carbocycles. The van der Waals surface area contributed by atoms with Gasteiger partial charge in [-0.1, -0.05) is 6.07 Å². The van der Waals surface area contributed by atoms with Gasteiger partial charge >= 0.3 is 0 Å². The number of hydrogen-bond donors (Lipinski definition) is 3. The molecule has 0 unspecified atom stereocenters. The summed E-state index contributed by atoms with van der Waals surface area (Å²) in [5.41, 5.74) is 6.66. The number of carbonyl (C=O) groups is 2. The normalized spacial score (nSPS) is 11.0. The molecule has 1 aromatic carbocycles. The highest BCUT2D eigenvalue weighted by Gasteiger charge is 2.07. The van der Waals surface area contributed by atoms with Gasteiger partial charge < -0.3 is 16.4 Å². The Kier molecular flexibility index (Phi) is 6.23. The highest BCUT2D eigenvalue weighted by Crippen LogP contribution is 2.14. The van der Waals surface area contributed by atoms with E-state index in [1.807, 2.05) is 0 Å². The largest absolute Gasteiger partial charge is 0.326 e. The number of carbonyl (C=O) groups excluding carboxylic acids is 2. The van der Waals surface area contributed by atoms with Crippen LogP contribution in [-0.2, 0) is 9.59 Å². The second-order valence-corrected chi connectivity index (χ2v) is 3.54. The smallest absolute Gasteiger partial charge is 0.240 e. The number of nitrogens with one attached hydrogen (secondary N) is 2. The van der Waals surface area contributed by atoms with E-state index in [1.165, 1.54) is 6.92 Å². The average Bonchev–Trinajstić information content (AvgIpc) is 2.16. The molecule has 0 saturated carbocycles. The fourth-order valence-corrected chi connectivity index (χ4v) is 1.13. The zero-order chi connectivity index (χ0) is 12.1. The molecule has 0 aromatic heterocycles. The standard InChI is InChI=1S/C11H15N3O2.ClH/c1-7(12)11(16)14-10-5-3-4-9(6-10)13-8(2)15;/h3-7H,12H2,1-2H3,(H,13,15)(H,14,16);1H/t7-;/m1./s1. The third kappa shape index (κ3) is 5.33. The minimum atomic E-state index is -0.565. The lowest BCUT2D eigenvalue weighted by molar-refractivity contribution is -0.117. The molecule has 0 aliphatic rings. The second kappa shape index (κ2) is 6.88. The predicted molar refractivity (Wildman–Crippen MR) is 70.3 cm³/mol. The van der Waals surface area contributed by atoms with Crippen LogP contribution in [0.3, 0.4) is 0 Å². The average molecular weight is 258 g/mol. The Morgan fingerprint density at radius 2 is 1.76 bits per heavy atom. The Hall–Kier alpha value is -1.59. The quantitative estimate of drug-likeness (QED) is 0.764. The second-order valence-electron chi connectivity index (χ2n) is 3.54. The molecule has 0 aliphatic heterocycles. The van der Waals surface area contributed by atoms with Crippen LogP contribution < -0.4 is 16.4 Å². The number of nitrogens with two attached hydrogens (primary N) is 1. The third-order valence-electron chi connectivity index (χ3n) is 1.86. The maximum Gasteiger partial charge on any atom is 0.240 e. The third-order valence-corrected chi connectivity index (χ3v) is 1.86. The first kappa shape index (κ1) is 15.4. The summed E-state index contributed by atoms with van der Waals surface area (Å²) in [6, 6.07) is 6.31. The molecule has 0 spiro atoms. The van der Waals surface area contributed by atoms with E-state index in [4.69, 9.17) is 5.73 Å². The first-order chi connectivity index (χ1) is 7.49. The van der Waals surface area contributed by atoms with Gasteiger partial charge in [-0.15, -0.1) is 12.4 Å². The molecule has 94 valence electrons. The molecule has 5 nitrogen and oxygen atoms in total. The Bertz CT molecular complexity index is 407. The van der Waals surface area contributed by atoms with Gasteiger partial charge in [0.25, 0.3) is 0 Å². The fraction of sp³-hybridized carbons (Fsp3) is 0.273. The van der Waals surface area contributed by atoms with Crippen LogP contribution >= 0.6 is 12.4 Å². The maximum absolute atomic E-state index is 11.3. The topological polar surface area (TPSA) is 84.2 Å². The molecule has 0 heterocycles. The van der Waals surface area contributed by atoms with Crippen LogP contribution in [0.15, 0.2) is 24.3 Å².